The van der Waals surface area contributed by atoms with Gasteiger partial charge in [0.2, 0.25) is 0 Å². The number of aromatic amines is 1. The highest BCUT2D eigenvalue weighted by Gasteiger charge is 2.07. The van der Waals surface area contributed by atoms with Crippen molar-refractivity contribution in [1.82, 2.24) is 10.2 Å². The first-order chi connectivity index (χ1) is 5.68. The van der Waals surface area contributed by atoms with Crippen LogP contribution in [0.3, 0.4) is 0 Å². The van der Waals surface area contributed by atoms with Gasteiger partial charge in [0, 0.05) is 11.8 Å². The number of aryl methyl sites for hydroxylation is 2. The van der Waals surface area contributed by atoms with Gasteiger partial charge in [-0.25, -0.2) is 4.79 Å². The summed E-state index contributed by atoms with van der Waals surface area (Å²) in [6, 6.07) is 1.74. The lowest BCUT2D eigenvalue weighted by molar-refractivity contribution is 0.488. The zero-order chi connectivity index (χ0) is 8.72. The first-order valence-electron chi connectivity index (χ1n) is 3.64. The summed E-state index contributed by atoms with van der Waals surface area (Å²) in [4.78, 5) is 11.3. The molecule has 0 aliphatic rings. The smallest absolute Gasteiger partial charge is 0.347 e. The van der Waals surface area contributed by atoms with E-state index in [4.69, 9.17) is 4.42 Å². The van der Waals surface area contributed by atoms with Gasteiger partial charge < -0.3 is 4.42 Å². The number of fused-ring (bicyclic) bond motifs is 1. The van der Waals surface area contributed by atoms with Crippen molar-refractivity contribution >= 4 is 10.9 Å². The fourth-order valence-electron chi connectivity index (χ4n) is 1.23. The predicted octanol–water partition coefficient (Wildman–Crippen LogP) is 1.13. The number of rotatable bonds is 0. The van der Waals surface area contributed by atoms with Crippen molar-refractivity contribution in [3.8, 4) is 0 Å². The zero-order valence-corrected chi connectivity index (χ0v) is 6.84. The first-order valence-corrected chi connectivity index (χ1v) is 3.64. The molecule has 0 amide bonds. The van der Waals surface area contributed by atoms with Gasteiger partial charge >= 0.3 is 5.63 Å². The van der Waals surface area contributed by atoms with Crippen LogP contribution in [0.15, 0.2) is 15.3 Å². The SMILES string of the molecule is Cc1cc2n[nH]c(C)c2c(=O)o1. The topological polar surface area (TPSA) is 58.9 Å². The lowest BCUT2D eigenvalue weighted by Crippen LogP contribution is -1.99. The molecule has 0 aliphatic heterocycles. The maximum atomic E-state index is 11.3. The molecule has 0 spiro atoms. The van der Waals surface area contributed by atoms with Crippen LogP contribution in [-0.4, -0.2) is 10.2 Å². The molecule has 2 rings (SSSR count). The average molecular weight is 164 g/mol. The van der Waals surface area contributed by atoms with Crippen LogP contribution in [0.25, 0.3) is 10.9 Å². The van der Waals surface area contributed by atoms with Gasteiger partial charge in [-0.15, -0.1) is 0 Å². The number of nitrogens with one attached hydrogen (secondary N) is 1. The normalized spacial score (nSPS) is 10.8. The minimum atomic E-state index is -0.323. The number of aromatic nitrogens is 2. The summed E-state index contributed by atoms with van der Waals surface area (Å²) in [6.07, 6.45) is 0. The van der Waals surface area contributed by atoms with Crippen molar-refractivity contribution in [1.29, 1.82) is 0 Å². The highest BCUT2D eigenvalue weighted by molar-refractivity contribution is 5.79. The Morgan fingerprint density at radius 3 is 3.00 bits per heavy atom. The van der Waals surface area contributed by atoms with Crippen LogP contribution in [-0.2, 0) is 0 Å². The van der Waals surface area contributed by atoms with Gasteiger partial charge in [-0.3, -0.25) is 5.10 Å². The first kappa shape index (κ1) is 7.09. The van der Waals surface area contributed by atoms with Crippen LogP contribution < -0.4 is 5.63 Å². The Kier molecular flexibility index (Phi) is 1.30. The zero-order valence-electron chi connectivity index (χ0n) is 6.84. The number of hydrogen-bond donors (Lipinski definition) is 1. The number of nitrogens with zero attached hydrogens (tertiary/aromatic N) is 1. The molecule has 0 radical (unpaired) electrons. The molecule has 0 saturated heterocycles. The van der Waals surface area contributed by atoms with Gasteiger partial charge in [0.15, 0.2) is 0 Å². The minimum absolute atomic E-state index is 0.323. The summed E-state index contributed by atoms with van der Waals surface area (Å²) in [5.74, 6) is 0.582. The quantitative estimate of drug-likeness (QED) is 0.635. The Morgan fingerprint density at radius 2 is 2.25 bits per heavy atom. The third-order valence-electron chi connectivity index (χ3n) is 1.77. The molecule has 0 aliphatic carbocycles. The molecule has 0 atom stereocenters. The summed E-state index contributed by atoms with van der Waals surface area (Å²) in [5.41, 5.74) is 1.09. The van der Waals surface area contributed by atoms with Crippen LogP contribution >= 0.6 is 0 Å². The standard InChI is InChI=1S/C8H8N2O2/c1-4-3-6-7(8(11)12-4)5(2)9-10-6/h3H,1-2H3,(H,9,10). The van der Waals surface area contributed by atoms with Crippen molar-refractivity contribution in [2.24, 2.45) is 0 Å². The molecule has 4 heteroatoms. The van der Waals surface area contributed by atoms with E-state index in [-0.39, 0.29) is 5.63 Å². The Labute approximate surface area is 68.2 Å². The Bertz CT molecular complexity index is 481. The van der Waals surface area contributed by atoms with Crippen LogP contribution in [0.4, 0.5) is 0 Å². The maximum Gasteiger partial charge on any atom is 0.347 e. The van der Waals surface area contributed by atoms with Crippen LogP contribution in [0.5, 0.6) is 0 Å². The van der Waals surface area contributed by atoms with E-state index in [0.29, 0.717) is 16.7 Å². The summed E-state index contributed by atoms with van der Waals surface area (Å²) in [5, 5.41) is 7.23. The van der Waals surface area contributed by atoms with Crippen molar-refractivity contribution < 1.29 is 4.42 Å². The van der Waals surface area contributed by atoms with E-state index in [0.717, 1.165) is 5.69 Å². The third-order valence-corrected chi connectivity index (χ3v) is 1.77. The van der Waals surface area contributed by atoms with Gasteiger partial charge in [-0.05, 0) is 13.8 Å². The lowest BCUT2D eigenvalue weighted by Gasteiger charge is -1.89. The molecular formula is C8H8N2O2. The van der Waals surface area contributed by atoms with E-state index >= 15 is 0 Å². The highest BCUT2D eigenvalue weighted by Crippen LogP contribution is 2.11. The fourth-order valence-corrected chi connectivity index (χ4v) is 1.23. The Hall–Kier alpha value is -1.58. The van der Waals surface area contributed by atoms with Gasteiger partial charge in [-0.1, -0.05) is 0 Å². The minimum Gasteiger partial charge on any atom is -0.428 e. The fraction of sp³-hybridized carbons (Fsp3) is 0.250. The molecule has 62 valence electrons. The molecule has 2 aromatic heterocycles. The van der Waals surface area contributed by atoms with Crippen molar-refractivity contribution in [3.63, 3.8) is 0 Å². The second-order valence-electron chi connectivity index (χ2n) is 2.75. The van der Waals surface area contributed by atoms with Crippen LogP contribution in [0.2, 0.25) is 0 Å². The van der Waals surface area contributed by atoms with Gasteiger partial charge in [0.1, 0.15) is 16.7 Å². The third kappa shape index (κ3) is 0.845. The van der Waals surface area contributed by atoms with E-state index in [1.165, 1.54) is 0 Å². The number of hydrogen-bond acceptors (Lipinski definition) is 3. The van der Waals surface area contributed by atoms with Crippen LogP contribution in [0.1, 0.15) is 11.5 Å². The molecule has 0 bridgehead atoms. The molecule has 0 saturated carbocycles. The lowest BCUT2D eigenvalue weighted by atomic mass is 10.2. The highest BCUT2D eigenvalue weighted by atomic mass is 16.4. The summed E-state index contributed by atoms with van der Waals surface area (Å²) >= 11 is 0. The van der Waals surface area contributed by atoms with Gasteiger partial charge in [0.05, 0.1) is 0 Å². The van der Waals surface area contributed by atoms with E-state index in [9.17, 15) is 4.79 Å². The summed E-state index contributed by atoms with van der Waals surface area (Å²) < 4.78 is 4.91. The molecule has 0 unspecified atom stereocenters. The molecule has 4 nitrogen and oxygen atoms in total. The van der Waals surface area contributed by atoms with Crippen molar-refractivity contribution in [2.45, 2.75) is 13.8 Å². The second-order valence-corrected chi connectivity index (χ2v) is 2.75. The van der Waals surface area contributed by atoms with Gasteiger partial charge in [0.25, 0.3) is 0 Å². The molecule has 1 N–H and O–H groups in total. The van der Waals surface area contributed by atoms with E-state index in [1.54, 1.807) is 19.9 Å². The van der Waals surface area contributed by atoms with Crippen molar-refractivity contribution in [3.05, 3.63) is 27.9 Å². The molecule has 0 fully saturated rings. The monoisotopic (exact) mass is 164 g/mol. The largest absolute Gasteiger partial charge is 0.428 e. The Morgan fingerprint density at radius 1 is 1.50 bits per heavy atom. The second kappa shape index (κ2) is 2.20. The molecule has 0 aromatic carbocycles. The summed E-state index contributed by atoms with van der Waals surface area (Å²) in [6.45, 7) is 3.52. The van der Waals surface area contributed by atoms with Gasteiger partial charge in [-0.2, -0.15) is 5.10 Å². The predicted molar refractivity (Wildman–Crippen MR) is 44.1 cm³/mol. The van der Waals surface area contributed by atoms with E-state index in [2.05, 4.69) is 10.2 Å². The number of H-pyrrole nitrogens is 1. The van der Waals surface area contributed by atoms with Crippen molar-refractivity contribution in [2.75, 3.05) is 0 Å². The molecule has 12 heavy (non-hydrogen) atoms. The molecule has 2 aromatic rings. The Balaban J connectivity index is 3.03. The van der Waals surface area contributed by atoms with Crippen LogP contribution in [0, 0.1) is 13.8 Å². The van der Waals surface area contributed by atoms with E-state index < -0.39 is 0 Å². The molecular weight excluding hydrogens is 156 g/mol. The van der Waals surface area contributed by atoms with E-state index in [1.807, 2.05) is 0 Å². The maximum absolute atomic E-state index is 11.3. The average Bonchev–Trinajstić information content (AvgIpc) is 2.31. The summed E-state index contributed by atoms with van der Waals surface area (Å²) in [7, 11) is 0. The molecule has 2 heterocycles.